The standard InChI is InChI=1S/C18H18Cl2N4O5/c1-23(10-18(26)22-14-8-12(20)4-6-16(14)29-2)9-17(25)21-13-7-11(19)3-5-15(13)24(27)28/h3-8H,9-10H2,1-2H3,(H,21,25)(H,22,26). The van der Waals surface area contributed by atoms with Gasteiger partial charge in [-0.15, -0.1) is 0 Å². The van der Waals surface area contributed by atoms with Gasteiger partial charge in [0, 0.05) is 16.1 Å². The highest BCUT2D eigenvalue weighted by molar-refractivity contribution is 6.31. The summed E-state index contributed by atoms with van der Waals surface area (Å²) in [5, 5.41) is 16.8. The van der Waals surface area contributed by atoms with Gasteiger partial charge in [0.25, 0.3) is 5.69 Å². The maximum absolute atomic E-state index is 12.2. The summed E-state index contributed by atoms with van der Waals surface area (Å²) >= 11 is 11.8. The number of nitro groups is 1. The zero-order valence-electron chi connectivity index (χ0n) is 15.6. The van der Waals surface area contributed by atoms with Gasteiger partial charge in [-0.3, -0.25) is 24.6 Å². The Balaban J connectivity index is 1.95. The SMILES string of the molecule is COc1ccc(Cl)cc1NC(=O)CN(C)CC(=O)Nc1cc(Cl)ccc1[N+](=O)[O-]. The van der Waals surface area contributed by atoms with Crippen molar-refractivity contribution in [3.63, 3.8) is 0 Å². The lowest BCUT2D eigenvalue weighted by Crippen LogP contribution is -2.36. The maximum atomic E-state index is 12.2. The molecule has 2 aromatic rings. The monoisotopic (exact) mass is 440 g/mol. The Kier molecular flexibility index (Phi) is 7.77. The van der Waals surface area contributed by atoms with Gasteiger partial charge in [0.15, 0.2) is 0 Å². The Morgan fingerprint density at radius 3 is 2.10 bits per heavy atom. The maximum Gasteiger partial charge on any atom is 0.292 e. The molecule has 0 saturated heterocycles. The fraction of sp³-hybridized carbons (Fsp3) is 0.222. The first-order chi connectivity index (χ1) is 13.7. The van der Waals surface area contributed by atoms with Gasteiger partial charge in [-0.25, -0.2) is 0 Å². The number of nitrogens with one attached hydrogen (secondary N) is 2. The zero-order chi connectivity index (χ0) is 21.6. The molecule has 0 radical (unpaired) electrons. The van der Waals surface area contributed by atoms with Crippen molar-refractivity contribution < 1.29 is 19.2 Å². The number of nitrogens with zero attached hydrogens (tertiary/aromatic N) is 2. The number of nitro benzene ring substituents is 1. The van der Waals surface area contributed by atoms with Gasteiger partial charge in [-0.05, 0) is 37.4 Å². The van der Waals surface area contributed by atoms with Crippen LogP contribution in [0.3, 0.4) is 0 Å². The van der Waals surface area contributed by atoms with Crippen molar-refractivity contribution in [1.82, 2.24) is 4.90 Å². The van der Waals surface area contributed by atoms with Gasteiger partial charge in [-0.1, -0.05) is 23.2 Å². The Hall–Kier alpha value is -2.88. The lowest BCUT2D eigenvalue weighted by Gasteiger charge is -2.17. The number of anilines is 2. The second-order valence-corrected chi connectivity index (χ2v) is 6.90. The third-order valence-corrected chi connectivity index (χ3v) is 4.16. The summed E-state index contributed by atoms with van der Waals surface area (Å²) in [6, 6.07) is 8.64. The van der Waals surface area contributed by atoms with E-state index in [1.54, 1.807) is 25.2 Å². The molecule has 0 unspecified atom stereocenters. The zero-order valence-corrected chi connectivity index (χ0v) is 17.1. The lowest BCUT2D eigenvalue weighted by atomic mass is 10.2. The molecule has 0 aliphatic carbocycles. The normalized spacial score (nSPS) is 10.5. The molecule has 2 N–H and O–H groups in total. The van der Waals surface area contributed by atoms with Gasteiger partial charge in [0.1, 0.15) is 11.4 Å². The highest BCUT2D eigenvalue weighted by Crippen LogP contribution is 2.28. The van der Waals surface area contributed by atoms with Crippen LogP contribution in [0.1, 0.15) is 0 Å². The largest absolute Gasteiger partial charge is 0.495 e. The first-order valence-electron chi connectivity index (χ1n) is 8.25. The minimum atomic E-state index is -0.624. The van der Waals surface area contributed by atoms with Crippen LogP contribution in [0.15, 0.2) is 36.4 Å². The number of likely N-dealkylation sites (N-methyl/N-ethyl adjacent to an activating group) is 1. The summed E-state index contributed by atoms with van der Waals surface area (Å²) in [6.07, 6.45) is 0. The molecule has 154 valence electrons. The number of hydrogen-bond donors (Lipinski definition) is 2. The number of rotatable bonds is 8. The number of amides is 2. The van der Waals surface area contributed by atoms with Crippen molar-refractivity contribution in [3.05, 3.63) is 56.6 Å². The van der Waals surface area contributed by atoms with Crippen molar-refractivity contribution in [3.8, 4) is 5.75 Å². The number of hydrogen-bond acceptors (Lipinski definition) is 6. The molecule has 0 aliphatic rings. The van der Waals surface area contributed by atoms with E-state index in [4.69, 9.17) is 27.9 Å². The van der Waals surface area contributed by atoms with E-state index in [2.05, 4.69) is 10.6 Å². The topological polar surface area (TPSA) is 114 Å². The van der Waals surface area contributed by atoms with Crippen molar-refractivity contribution >= 4 is 52.1 Å². The third-order valence-electron chi connectivity index (χ3n) is 3.69. The summed E-state index contributed by atoms with van der Waals surface area (Å²) in [5.41, 5.74) is 0.0996. The van der Waals surface area contributed by atoms with Gasteiger partial charge in [0.05, 0.1) is 30.8 Å². The molecule has 0 aromatic heterocycles. The molecule has 9 nitrogen and oxygen atoms in total. The van der Waals surface area contributed by atoms with Crippen LogP contribution in [-0.4, -0.2) is 48.9 Å². The van der Waals surface area contributed by atoms with Crippen LogP contribution in [0, 0.1) is 10.1 Å². The number of benzene rings is 2. The highest BCUT2D eigenvalue weighted by Gasteiger charge is 2.18. The fourth-order valence-corrected chi connectivity index (χ4v) is 2.82. The Morgan fingerprint density at radius 2 is 1.55 bits per heavy atom. The van der Waals surface area contributed by atoms with Crippen LogP contribution in [-0.2, 0) is 9.59 Å². The number of methoxy groups -OCH3 is 1. The van der Waals surface area contributed by atoms with Crippen molar-refractivity contribution in [2.75, 3.05) is 37.9 Å². The lowest BCUT2D eigenvalue weighted by molar-refractivity contribution is -0.383. The molecule has 29 heavy (non-hydrogen) atoms. The van der Waals surface area contributed by atoms with Crippen molar-refractivity contribution in [2.45, 2.75) is 0 Å². The van der Waals surface area contributed by atoms with E-state index in [-0.39, 0.29) is 29.5 Å². The molecule has 2 aromatic carbocycles. The number of halogens is 2. The third kappa shape index (κ3) is 6.60. The fourth-order valence-electron chi connectivity index (χ4n) is 2.47. The van der Waals surface area contributed by atoms with Crippen molar-refractivity contribution in [2.24, 2.45) is 0 Å². The number of carbonyl (C=O) groups excluding carboxylic acids is 2. The van der Waals surface area contributed by atoms with Gasteiger partial charge >= 0.3 is 0 Å². The molecular weight excluding hydrogens is 423 g/mol. The summed E-state index contributed by atoms with van der Waals surface area (Å²) in [5.74, 6) is -0.489. The minimum Gasteiger partial charge on any atom is -0.495 e. The van der Waals surface area contributed by atoms with E-state index in [1.165, 1.54) is 30.2 Å². The molecule has 0 bridgehead atoms. The number of carbonyl (C=O) groups is 2. The molecule has 2 amide bonds. The smallest absolute Gasteiger partial charge is 0.292 e. The second kappa shape index (κ2) is 10.1. The molecule has 0 aliphatic heterocycles. The molecule has 0 saturated carbocycles. The van der Waals surface area contributed by atoms with E-state index in [0.717, 1.165) is 0 Å². The first-order valence-corrected chi connectivity index (χ1v) is 9.01. The van der Waals surface area contributed by atoms with E-state index in [9.17, 15) is 19.7 Å². The molecular formula is C18H18Cl2N4O5. The summed E-state index contributed by atoms with van der Waals surface area (Å²) in [7, 11) is 3.02. The van der Waals surface area contributed by atoms with Crippen LogP contribution >= 0.6 is 23.2 Å². The van der Waals surface area contributed by atoms with E-state index >= 15 is 0 Å². The highest BCUT2D eigenvalue weighted by atomic mass is 35.5. The van der Waals surface area contributed by atoms with Gasteiger partial charge < -0.3 is 15.4 Å². The first kappa shape index (κ1) is 22.4. The number of ether oxygens (including phenoxy) is 1. The molecule has 0 fully saturated rings. The average molecular weight is 441 g/mol. The van der Waals surface area contributed by atoms with Crippen LogP contribution in [0.2, 0.25) is 10.0 Å². The second-order valence-electron chi connectivity index (χ2n) is 6.03. The van der Waals surface area contributed by atoms with Crippen LogP contribution in [0.25, 0.3) is 0 Å². The Bertz CT molecular complexity index is 938. The molecule has 2 rings (SSSR count). The molecule has 0 heterocycles. The van der Waals surface area contributed by atoms with Gasteiger partial charge in [-0.2, -0.15) is 0 Å². The van der Waals surface area contributed by atoms with E-state index in [0.29, 0.717) is 16.5 Å². The Morgan fingerprint density at radius 1 is 1.03 bits per heavy atom. The summed E-state index contributed by atoms with van der Waals surface area (Å²) in [4.78, 5) is 36.3. The predicted octanol–water partition coefficient (Wildman–Crippen LogP) is 3.42. The van der Waals surface area contributed by atoms with Crippen LogP contribution < -0.4 is 15.4 Å². The van der Waals surface area contributed by atoms with Crippen molar-refractivity contribution in [1.29, 1.82) is 0 Å². The summed E-state index contributed by atoms with van der Waals surface area (Å²) < 4.78 is 5.16. The van der Waals surface area contributed by atoms with Crippen LogP contribution in [0.4, 0.5) is 17.1 Å². The molecule has 0 spiro atoms. The van der Waals surface area contributed by atoms with E-state index in [1.807, 2.05) is 0 Å². The average Bonchev–Trinajstić information content (AvgIpc) is 2.61. The van der Waals surface area contributed by atoms with Gasteiger partial charge in [0.2, 0.25) is 11.8 Å². The minimum absolute atomic E-state index is 0.0194. The molecule has 0 atom stereocenters. The molecule has 11 heteroatoms. The predicted molar refractivity (Wildman–Crippen MR) is 111 cm³/mol. The van der Waals surface area contributed by atoms with E-state index < -0.39 is 16.7 Å². The van der Waals surface area contributed by atoms with Crippen LogP contribution in [0.5, 0.6) is 5.75 Å². The Labute approximate surface area is 176 Å². The quantitative estimate of drug-likeness (QED) is 0.480. The summed E-state index contributed by atoms with van der Waals surface area (Å²) in [6.45, 7) is -0.287.